The van der Waals surface area contributed by atoms with Crippen LogP contribution in [0.1, 0.15) is 5.69 Å². The molecule has 1 unspecified atom stereocenters. The van der Waals surface area contributed by atoms with Gasteiger partial charge < -0.3 is 10.4 Å². The number of hydrogen-bond acceptors (Lipinski definition) is 6. The van der Waals surface area contributed by atoms with Crippen molar-refractivity contribution in [1.82, 2.24) is 9.97 Å². The van der Waals surface area contributed by atoms with Crippen molar-refractivity contribution < 1.29 is 27.1 Å². The smallest absolute Gasteiger partial charge is 0.385 e. The molecule has 1 rings (SSSR count). The van der Waals surface area contributed by atoms with Gasteiger partial charge in [-0.05, 0) is 0 Å². The molecule has 6 nitrogen and oxygen atoms in total. The molecule has 0 bridgehead atoms. The Labute approximate surface area is 103 Å². The Morgan fingerprint density at radius 2 is 1.95 bits per heavy atom. The van der Waals surface area contributed by atoms with Gasteiger partial charge in [0.05, 0.1) is 0 Å². The summed E-state index contributed by atoms with van der Waals surface area (Å²) in [4.78, 5) is 6.54. The molecule has 0 radical (unpaired) electrons. The van der Waals surface area contributed by atoms with Crippen LogP contribution in [-0.2, 0) is 6.18 Å². The van der Waals surface area contributed by atoms with Crippen LogP contribution in [0.25, 0.3) is 0 Å². The molecule has 5 N–H and O–H groups in total. The fourth-order valence-electron chi connectivity index (χ4n) is 1.05. The number of hydrogen-bond donors (Lipinski definition) is 4. The fourth-order valence-corrected chi connectivity index (χ4v) is 1.05. The maximum absolute atomic E-state index is 12.5. The van der Waals surface area contributed by atoms with Crippen molar-refractivity contribution >= 4 is 11.8 Å². The molecular weight excluding hydrogens is 277 g/mol. The molecule has 108 valence electrons. The van der Waals surface area contributed by atoms with E-state index in [1.807, 2.05) is 5.43 Å². The molecule has 19 heavy (non-hydrogen) atoms. The van der Waals surface area contributed by atoms with Gasteiger partial charge in [-0.3, -0.25) is 5.43 Å². The number of rotatable bonds is 5. The van der Waals surface area contributed by atoms with Gasteiger partial charge in [0.15, 0.2) is 5.69 Å². The third kappa shape index (κ3) is 4.44. The first kappa shape index (κ1) is 15.3. The number of hydrazine groups is 1. The van der Waals surface area contributed by atoms with Gasteiger partial charge in [-0.2, -0.15) is 18.2 Å². The van der Waals surface area contributed by atoms with E-state index >= 15 is 0 Å². The Bertz CT molecular complexity index is 426. The number of anilines is 2. The van der Waals surface area contributed by atoms with E-state index in [1.165, 1.54) is 0 Å². The lowest BCUT2D eigenvalue weighted by molar-refractivity contribution is -0.141. The molecule has 1 atom stereocenters. The predicted octanol–water partition coefficient (Wildman–Crippen LogP) is 0.819. The summed E-state index contributed by atoms with van der Waals surface area (Å²) in [5, 5.41) is 11.0. The number of alkyl halides is 5. The van der Waals surface area contributed by atoms with Crippen LogP contribution >= 0.6 is 0 Å². The zero-order chi connectivity index (χ0) is 14.6. The van der Waals surface area contributed by atoms with Gasteiger partial charge in [0, 0.05) is 12.6 Å². The Morgan fingerprint density at radius 3 is 2.42 bits per heavy atom. The number of aliphatic hydroxyl groups is 1. The summed E-state index contributed by atoms with van der Waals surface area (Å²) < 4.78 is 61.4. The zero-order valence-corrected chi connectivity index (χ0v) is 9.25. The van der Waals surface area contributed by atoms with E-state index in [0.717, 1.165) is 0 Å². The van der Waals surface area contributed by atoms with Crippen LogP contribution in [0.4, 0.5) is 33.7 Å². The van der Waals surface area contributed by atoms with E-state index in [0.29, 0.717) is 6.07 Å². The first-order valence-electron chi connectivity index (χ1n) is 4.87. The molecule has 0 spiro atoms. The number of halogens is 5. The van der Waals surface area contributed by atoms with Crippen molar-refractivity contribution in [1.29, 1.82) is 0 Å². The van der Waals surface area contributed by atoms with Crippen molar-refractivity contribution in [2.24, 2.45) is 5.84 Å². The van der Waals surface area contributed by atoms with Gasteiger partial charge in [0.1, 0.15) is 11.9 Å². The number of nitrogens with one attached hydrogen (secondary N) is 2. The summed E-state index contributed by atoms with van der Waals surface area (Å²) >= 11 is 0. The van der Waals surface area contributed by atoms with Crippen LogP contribution in [0, 0.1) is 0 Å². The molecule has 0 saturated carbocycles. The van der Waals surface area contributed by atoms with Gasteiger partial charge in [-0.25, -0.2) is 19.6 Å². The van der Waals surface area contributed by atoms with Gasteiger partial charge >= 0.3 is 6.18 Å². The molecule has 1 heterocycles. The number of nitrogens with two attached hydrogens (primary N) is 1. The lowest BCUT2D eigenvalue weighted by Gasteiger charge is -2.13. The second-order valence-electron chi connectivity index (χ2n) is 3.39. The first-order valence-corrected chi connectivity index (χ1v) is 4.87. The number of aromatic nitrogens is 2. The third-order valence-corrected chi connectivity index (χ3v) is 1.93. The van der Waals surface area contributed by atoms with E-state index in [9.17, 15) is 22.0 Å². The molecule has 1 aromatic heterocycles. The highest BCUT2D eigenvalue weighted by molar-refractivity contribution is 5.42. The first-order chi connectivity index (χ1) is 8.74. The van der Waals surface area contributed by atoms with Gasteiger partial charge in [-0.15, -0.1) is 0 Å². The van der Waals surface area contributed by atoms with Crippen LogP contribution in [0.15, 0.2) is 6.07 Å². The summed E-state index contributed by atoms with van der Waals surface area (Å²) in [7, 11) is 0. The maximum Gasteiger partial charge on any atom is 0.433 e. The second kappa shape index (κ2) is 5.93. The van der Waals surface area contributed by atoms with Crippen molar-refractivity contribution in [2.75, 3.05) is 17.3 Å². The van der Waals surface area contributed by atoms with Crippen LogP contribution in [0.5, 0.6) is 0 Å². The van der Waals surface area contributed by atoms with E-state index in [-0.39, 0.29) is 0 Å². The summed E-state index contributed by atoms with van der Waals surface area (Å²) in [5.74, 6) is 3.96. The van der Waals surface area contributed by atoms with E-state index in [1.54, 1.807) is 0 Å². The van der Waals surface area contributed by atoms with E-state index in [2.05, 4.69) is 15.3 Å². The summed E-state index contributed by atoms with van der Waals surface area (Å²) in [5.41, 5.74) is 0.516. The van der Waals surface area contributed by atoms with E-state index < -0.39 is 42.7 Å². The van der Waals surface area contributed by atoms with Crippen molar-refractivity contribution in [3.05, 3.63) is 11.8 Å². The van der Waals surface area contributed by atoms with Crippen LogP contribution < -0.4 is 16.6 Å². The molecule has 0 amide bonds. The molecule has 1 aromatic rings. The van der Waals surface area contributed by atoms with E-state index in [4.69, 9.17) is 10.9 Å². The minimum Gasteiger partial charge on any atom is -0.385 e. The molecule has 0 aromatic carbocycles. The summed E-state index contributed by atoms with van der Waals surface area (Å²) in [6.07, 6.45) is -9.80. The van der Waals surface area contributed by atoms with Crippen molar-refractivity contribution in [3.8, 4) is 0 Å². The van der Waals surface area contributed by atoms with Crippen LogP contribution in [0.2, 0.25) is 0 Å². The molecule has 0 aliphatic rings. The topological polar surface area (TPSA) is 96.1 Å². The Kier molecular flexibility index (Phi) is 4.78. The highest BCUT2D eigenvalue weighted by Gasteiger charge is 2.33. The summed E-state index contributed by atoms with van der Waals surface area (Å²) in [6, 6.07) is 0.513. The predicted molar refractivity (Wildman–Crippen MR) is 55.3 cm³/mol. The fraction of sp³-hybridized carbons (Fsp3) is 0.500. The SMILES string of the molecule is NNc1nc(NCC(O)C(F)F)cc(C(F)(F)F)n1. The van der Waals surface area contributed by atoms with Crippen molar-refractivity contribution in [3.63, 3.8) is 0 Å². The monoisotopic (exact) mass is 287 g/mol. The average molecular weight is 287 g/mol. The Morgan fingerprint density at radius 1 is 1.32 bits per heavy atom. The molecule has 0 fully saturated rings. The highest BCUT2D eigenvalue weighted by Crippen LogP contribution is 2.29. The minimum absolute atomic E-state index is 0.394. The molecule has 11 heteroatoms. The largest absolute Gasteiger partial charge is 0.433 e. The Hall–Kier alpha value is -1.75. The van der Waals surface area contributed by atoms with Gasteiger partial charge in [-0.1, -0.05) is 0 Å². The maximum atomic E-state index is 12.5. The molecule has 0 saturated heterocycles. The standard InChI is InChI=1S/C8H10F5N5O/c9-6(10)3(19)2-15-5-1-4(8(11,12)13)16-7(17-5)18-14/h1,3,6,19H,2,14H2,(H2,15,16,17,18). The normalized spacial score (nSPS) is 13.5. The third-order valence-electron chi connectivity index (χ3n) is 1.93. The lowest BCUT2D eigenvalue weighted by Crippen LogP contribution is -2.27. The average Bonchev–Trinajstić information content (AvgIpc) is 2.34. The minimum atomic E-state index is -4.74. The zero-order valence-electron chi connectivity index (χ0n) is 9.25. The second-order valence-corrected chi connectivity index (χ2v) is 3.39. The summed E-state index contributed by atoms with van der Waals surface area (Å²) in [6.45, 7) is -0.671. The lowest BCUT2D eigenvalue weighted by atomic mass is 10.3. The van der Waals surface area contributed by atoms with Crippen molar-refractivity contribution in [2.45, 2.75) is 18.7 Å². The number of aliphatic hydroxyl groups excluding tert-OH is 1. The Balaban J connectivity index is 2.89. The van der Waals surface area contributed by atoms with Crippen LogP contribution in [-0.4, -0.2) is 34.1 Å². The number of nitrogens with zero attached hydrogens (tertiary/aromatic N) is 2. The van der Waals surface area contributed by atoms with Gasteiger partial charge in [0.25, 0.3) is 6.43 Å². The molecule has 0 aliphatic carbocycles. The van der Waals surface area contributed by atoms with Crippen LogP contribution in [0.3, 0.4) is 0 Å². The van der Waals surface area contributed by atoms with Gasteiger partial charge in [0.2, 0.25) is 5.95 Å². The number of nitrogen functional groups attached to an aromatic ring is 1. The molecule has 0 aliphatic heterocycles. The highest BCUT2D eigenvalue weighted by atomic mass is 19.4. The molecular formula is C8H10F5N5O. The quantitative estimate of drug-likeness (QED) is 0.364.